The highest BCUT2D eigenvalue weighted by Gasteiger charge is 2.47. The van der Waals surface area contributed by atoms with Gasteiger partial charge in [-0.1, -0.05) is 368 Å². The molecular weight excluding hydrogens is 1740 g/mol. The number of furan rings is 4. The number of fused-ring (bicyclic) bond motifs is 16. The van der Waals surface area contributed by atoms with E-state index in [-0.39, 0.29) is 10.8 Å². The molecule has 0 radical (unpaired) electrons. The van der Waals surface area contributed by atoms with Crippen LogP contribution in [0, 0.1) is 0 Å². The fraction of sp³-hybridized carbons (Fsp3) is 0.118. The van der Waals surface area contributed by atoms with Crippen molar-refractivity contribution in [2.75, 3.05) is 9.80 Å². The van der Waals surface area contributed by atoms with Gasteiger partial charge in [0.2, 0.25) is 0 Å². The molecule has 0 saturated carbocycles. The molecule has 143 heavy (non-hydrogen) atoms. The summed E-state index contributed by atoms with van der Waals surface area (Å²) in [6.45, 7) is 27.9. The molecule has 7 heteroatoms. The Bertz CT molecular complexity index is 8910. The summed E-state index contributed by atoms with van der Waals surface area (Å²) in [5, 5.41) is 8.27. The highest BCUT2D eigenvalue weighted by molar-refractivity contribution is 7.00. The maximum atomic E-state index is 7.19. The molecule has 686 valence electrons. The Morgan fingerprint density at radius 2 is 0.434 bits per heavy atom. The lowest BCUT2D eigenvalue weighted by Crippen LogP contribution is -2.61. The van der Waals surface area contributed by atoms with E-state index in [0.717, 1.165) is 261 Å². The van der Waals surface area contributed by atoms with E-state index < -0.39 is 17.5 Å². The topological polar surface area (TPSA) is 59.0 Å². The zero-order valence-electron chi connectivity index (χ0n) is 82.4. The molecule has 0 N–H and O–H groups in total. The second-order valence-electron chi connectivity index (χ2n) is 43.4. The van der Waals surface area contributed by atoms with Crippen molar-refractivity contribution in [3.05, 3.63) is 441 Å². The Hall–Kier alpha value is -16.7. The number of nitrogens with zero attached hydrogens (tertiary/aromatic N) is 2. The molecule has 6 nitrogen and oxygen atoms in total. The first-order chi connectivity index (χ1) is 69.4. The molecule has 0 unspecified atom stereocenters. The Labute approximate surface area is 834 Å². The highest BCUT2D eigenvalue weighted by atomic mass is 16.3. The van der Waals surface area contributed by atoms with E-state index in [9.17, 15) is 0 Å². The van der Waals surface area contributed by atoms with Crippen molar-refractivity contribution in [1.82, 2.24) is 0 Å². The molecule has 6 heterocycles. The second kappa shape index (κ2) is 33.0. The summed E-state index contributed by atoms with van der Waals surface area (Å²) in [6.07, 6.45) is 0. The molecule has 0 spiro atoms. The van der Waals surface area contributed by atoms with E-state index in [1.165, 1.54) is 22.3 Å². The minimum absolute atomic E-state index is 0.211. The second-order valence-corrected chi connectivity index (χ2v) is 43.4. The van der Waals surface area contributed by atoms with E-state index in [2.05, 4.69) is 511 Å². The summed E-state index contributed by atoms with van der Waals surface area (Å²) in [4.78, 5) is 5.52. The standard InChI is InChI=1S/C136H105BN2O4/c1-133(2,3)96-71-94(72-97(77-96)134(4,5)6)87-61-63-112-115(74-87)139(132-110(102-51-35-59-124-128(102)106-47-27-31-55-120(106)142-124)80-99(136(10,11)12)81-111(132)103-52-36-60-125-129(103)107-48-28-32-56-121(107)143-125)117-76-95(93-69-90(84-41-21-15-22-42-84)66-91(70-93)85-43-23-16-24-44-85)75-116-130(117)137(112)113-73-86(92-67-88(82-37-17-13-18-38-82)65-89(68-92)83-39-19-14-20-40-83)62-64-114(113)138(116)131-108(100-49-33-57-122-126(100)104-45-25-29-53-118(104)140-122)78-98(135(7,8)9)79-109(131)101-50-34-58-123-127(101)105-46-26-30-54-119(105)141-123/h13-81H,1-12H3. The highest BCUT2D eigenvalue weighted by Crippen LogP contribution is 2.60. The molecular formula is C136H105BN2O4. The summed E-state index contributed by atoms with van der Waals surface area (Å²) in [5.41, 5.74) is 43.4. The molecule has 0 saturated heterocycles. The van der Waals surface area contributed by atoms with Crippen molar-refractivity contribution in [3.8, 4) is 122 Å². The van der Waals surface area contributed by atoms with Gasteiger partial charge in [0, 0.05) is 88.1 Å². The maximum absolute atomic E-state index is 7.19. The summed E-state index contributed by atoms with van der Waals surface area (Å²) >= 11 is 0. The van der Waals surface area contributed by atoms with Crippen LogP contribution < -0.4 is 26.2 Å². The molecule has 0 aliphatic carbocycles. The van der Waals surface area contributed by atoms with Gasteiger partial charge in [-0.3, -0.25) is 0 Å². The van der Waals surface area contributed by atoms with Gasteiger partial charge >= 0.3 is 0 Å². The average Bonchev–Trinajstić information content (AvgIpc) is 1.22. The van der Waals surface area contributed by atoms with Crippen LogP contribution in [0.25, 0.3) is 210 Å². The van der Waals surface area contributed by atoms with Crippen LogP contribution in [-0.2, 0) is 21.7 Å². The Morgan fingerprint density at radius 3 is 0.769 bits per heavy atom. The minimum Gasteiger partial charge on any atom is -0.456 e. The van der Waals surface area contributed by atoms with Crippen molar-refractivity contribution in [1.29, 1.82) is 0 Å². The third kappa shape index (κ3) is 14.6. The molecule has 26 rings (SSSR count). The van der Waals surface area contributed by atoms with Gasteiger partial charge in [0.25, 0.3) is 6.71 Å². The van der Waals surface area contributed by atoms with Crippen molar-refractivity contribution >= 4 is 145 Å². The third-order valence-electron chi connectivity index (χ3n) is 30.2. The predicted molar refractivity (Wildman–Crippen MR) is 604 cm³/mol. The van der Waals surface area contributed by atoms with Gasteiger partial charge in [-0.05, 0) is 294 Å². The third-order valence-corrected chi connectivity index (χ3v) is 30.2. The molecule has 2 aliphatic rings. The first-order valence-electron chi connectivity index (χ1n) is 50.2. The number of hydrogen-bond acceptors (Lipinski definition) is 6. The van der Waals surface area contributed by atoms with E-state index in [0.29, 0.717) is 0 Å². The monoisotopic (exact) mass is 1840 g/mol. The lowest BCUT2D eigenvalue weighted by Gasteiger charge is -2.46. The first kappa shape index (κ1) is 86.6. The van der Waals surface area contributed by atoms with Crippen LogP contribution >= 0.6 is 0 Å². The average molecular weight is 1840 g/mol. The number of hydrogen-bond donors (Lipinski definition) is 0. The number of para-hydroxylation sites is 4. The van der Waals surface area contributed by atoms with Crippen molar-refractivity contribution in [3.63, 3.8) is 0 Å². The first-order valence-corrected chi connectivity index (χ1v) is 50.2. The summed E-state index contributed by atoms with van der Waals surface area (Å²) < 4.78 is 28.7. The predicted octanol–water partition coefficient (Wildman–Crippen LogP) is 36.9. The smallest absolute Gasteiger partial charge is 0.252 e. The summed E-state index contributed by atoms with van der Waals surface area (Å²) in [5.74, 6) is 0. The fourth-order valence-electron chi connectivity index (χ4n) is 22.9. The Kier molecular flexibility index (Phi) is 20.0. The SMILES string of the molecule is CC(C)(C)c1cc(-c2ccc3c(c2)N(c2c(-c4cccc5oc6ccccc6c45)cc(C(C)(C)C)cc2-c2cccc4oc5ccccc5c24)c2cc(-c4cc(-c5ccccc5)cc(-c5ccccc5)c4)cc4c2B3c2cc(-c3cc(-c5ccccc5)cc(-c5ccccc5)c3)ccc2N4c2c(-c3cccc4oc5ccccc5c34)cc(C(C)(C)C)cc2-c2cccc3oc4ccccc4c23)cc(C(C)(C)C)c1. The van der Waals surface area contributed by atoms with E-state index in [1.807, 2.05) is 0 Å². The van der Waals surface area contributed by atoms with Gasteiger partial charge in [-0.15, -0.1) is 0 Å². The van der Waals surface area contributed by atoms with Crippen molar-refractivity contribution < 1.29 is 17.7 Å². The van der Waals surface area contributed by atoms with Gasteiger partial charge in [0.15, 0.2) is 0 Å². The number of anilines is 6. The van der Waals surface area contributed by atoms with Crippen molar-refractivity contribution in [2.45, 2.75) is 105 Å². The maximum Gasteiger partial charge on any atom is 0.252 e. The molecule has 0 amide bonds. The Balaban J connectivity index is 0.899. The van der Waals surface area contributed by atoms with Gasteiger partial charge < -0.3 is 27.5 Å². The van der Waals surface area contributed by atoms with Crippen LogP contribution in [0.1, 0.15) is 105 Å². The van der Waals surface area contributed by atoms with Crippen LogP contribution in [0.3, 0.4) is 0 Å². The van der Waals surface area contributed by atoms with E-state index in [4.69, 9.17) is 17.7 Å². The largest absolute Gasteiger partial charge is 0.456 e. The number of benzene rings is 20. The van der Waals surface area contributed by atoms with Crippen molar-refractivity contribution in [2.24, 2.45) is 0 Å². The number of rotatable bonds is 13. The minimum atomic E-state index is -0.487. The van der Waals surface area contributed by atoms with Gasteiger partial charge in [0.05, 0.1) is 11.4 Å². The van der Waals surface area contributed by atoms with Gasteiger partial charge in [-0.25, -0.2) is 0 Å². The molecule has 0 fully saturated rings. The van der Waals surface area contributed by atoms with Crippen LogP contribution in [0.2, 0.25) is 0 Å². The van der Waals surface area contributed by atoms with E-state index in [1.54, 1.807) is 0 Å². The molecule has 0 atom stereocenters. The van der Waals surface area contributed by atoms with Crippen LogP contribution in [0.4, 0.5) is 34.1 Å². The molecule has 20 aromatic carbocycles. The van der Waals surface area contributed by atoms with Crippen LogP contribution in [0.5, 0.6) is 0 Å². The molecule has 0 bridgehead atoms. The zero-order valence-corrected chi connectivity index (χ0v) is 82.4. The zero-order chi connectivity index (χ0) is 96.8. The van der Waals surface area contributed by atoms with Crippen LogP contribution in [-0.4, -0.2) is 6.71 Å². The molecule has 4 aromatic heterocycles. The lowest BCUT2D eigenvalue weighted by atomic mass is 9.33. The van der Waals surface area contributed by atoms with Crippen LogP contribution in [0.15, 0.2) is 436 Å². The van der Waals surface area contributed by atoms with E-state index >= 15 is 0 Å². The summed E-state index contributed by atoms with van der Waals surface area (Å²) in [6, 6.07) is 158. The Morgan fingerprint density at radius 1 is 0.175 bits per heavy atom. The quantitative estimate of drug-likeness (QED) is 0.107. The molecule has 2 aliphatic heterocycles. The summed E-state index contributed by atoms with van der Waals surface area (Å²) in [7, 11) is 0. The normalized spacial score (nSPS) is 12.9. The molecule has 24 aromatic rings. The van der Waals surface area contributed by atoms with Gasteiger partial charge in [0.1, 0.15) is 44.7 Å². The fourth-order valence-corrected chi connectivity index (χ4v) is 22.9. The van der Waals surface area contributed by atoms with Gasteiger partial charge in [-0.2, -0.15) is 0 Å². The lowest BCUT2D eigenvalue weighted by molar-refractivity contribution is 0.569.